The molecule has 46 valence electrons. The summed E-state index contributed by atoms with van der Waals surface area (Å²) < 4.78 is 0. The molecule has 0 saturated heterocycles. The van der Waals surface area contributed by atoms with Crippen LogP contribution in [0.25, 0.3) is 0 Å². The van der Waals surface area contributed by atoms with Gasteiger partial charge < -0.3 is 0 Å². The third-order valence-corrected chi connectivity index (χ3v) is 1.78. The minimum atomic E-state index is 1.22. The Morgan fingerprint density at radius 1 is 1.11 bits per heavy atom. The highest BCUT2D eigenvalue weighted by molar-refractivity contribution is 5.21. The lowest BCUT2D eigenvalue weighted by Gasteiger charge is -2.09. The van der Waals surface area contributed by atoms with Crippen LogP contribution in [0.5, 0.6) is 0 Å². The first-order valence-corrected chi connectivity index (χ1v) is 3.38. The van der Waals surface area contributed by atoms with E-state index < -0.39 is 0 Å². The van der Waals surface area contributed by atoms with Gasteiger partial charge in [0.1, 0.15) is 0 Å². The maximum absolute atomic E-state index is 4.11. The van der Waals surface area contributed by atoms with Crippen molar-refractivity contribution in [2.24, 2.45) is 0 Å². The summed E-state index contributed by atoms with van der Waals surface area (Å²) >= 11 is 0. The molecule has 0 spiro atoms. The lowest BCUT2D eigenvalue weighted by molar-refractivity contribution is 0.777. The lowest BCUT2D eigenvalue weighted by Crippen LogP contribution is -1.99. The number of aromatic nitrogens is 1. The summed E-state index contributed by atoms with van der Waals surface area (Å²) in [6, 6.07) is 2.25. The summed E-state index contributed by atoms with van der Waals surface area (Å²) in [6.45, 7) is 0. The molecule has 1 aliphatic rings. The molecule has 1 aliphatic carbocycles. The fourth-order valence-corrected chi connectivity index (χ4v) is 1.31. The van der Waals surface area contributed by atoms with Gasteiger partial charge in [-0.3, -0.25) is 4.98 Å². The minimum absolute atomic E-state index is 1.22. The summed E-state index contributed by atoms with van der Waals surface area (Å²) in [4.78, 5) is 4.11. The van der Waals surface area contributed by atoms with E-state index in [4.69, 9.17) is 0 Å². The molecular weight excluding hydrogens is 110 g/mol. The Morgan fingerprint density at radius 2 is 1.78 bits per heavy atom. The molecule has 0 atom stereocenters. The number of rotatable bonds is 0. The molecule has 0 N–H and O–H groups in total. The molecule has 0 unspecified atom stereocenters. The van der Waals surface area contributed by atoms with Crippen molar-refractivity contribution < 1.29 is 0 Å². The Bertz CT molecular complexity index is 198. The van der Waals surface area contributed by atoms with E-state index >= 15 is 0 Å². The van der Waals surface area contributed by atoms with Crippen LogP contribution in [-0.2, 0) is 12.8 Å². The fourth-order valence-electron chi connectivity index (χ4n) is 1.31. The standard InChI is InChI=1S/C8H9N/c1-2-7-4-8(3-1)6-9-5-7/h4-6H,1-3H2. The number of nitrogens with zero attached hydrogens (tertiary/aromatic N) is 1. The van der Waals surface area contributed by atoms with Gasteiger partial charge in [0, 0.05) is 12.4 Å². The van der Waals surface area contributed by atoms with Gasteiger partial charge >= 0.3 is 0 Å². The second-order valence-corrected chi connectivity index (χ2v) is 2.55. The highest BCUT2D eigenvalue weighted by Gasteiger charge is 2.02. The van der Waals surface area contributed by atoms with Crippen molar-refractivity contribution in [1.82, 2.24) is 4.98 Å². The number of fused-ring (bicyclic) bond motifs is 2. The number of aryl methyl sites for hydroxylation is 2. The molecule has 1 aromatic rings. The number of hydrogen-bond acceptors (Lipinski definition) is 1. The van der Waals surface area contributed by atoms with Gasteiger partial charge in [-0.25, -0.2) is 0 Å². The predicted molar refractivity (Wildman–Crippen MR) is 36.3 cm³/mol. The van der Waals surface area contributed by atoms with E-state index in [1.165, 1.54) is 30.4 Å². The summed E-state index contributed by atoms with van der Waals surface area (Å²) in [5.41, 5.74) is 2.80. The molecule has 1 heteroatoms. The smallest absolute Gasteiger partial charge is 0.0300 e. The first-order chi connectivity index (χ1) is 4.45. The Labute approximate surface area is 54.7 Å². The zero-order valence-corrected chi connectivity index (χ0v) is 5.30. The van der Waals surface area contributed by atoms with E-state index in [2.05, 4.69) is 11.1 Å². The third-order valence-electron chi connectivity index (χ3n) is 1.78. The van der Waals surface area contributed by atoms with Crippen molar-refractivity contribution >= 4 is 0 Å². The van der Waals surface area contributed by atoms with Crippen LogP contribution in [0.15, 0.2) is 18.5 Å². The Kier molecular flexibility index (Phi) is 1.01. The SMILES string of the molecule is c1ncc2cc1CCC2. The van der Waals surface area contributed by atoms with Crippen LogP contribution in [-0.4, -0.2) is 4.98 Å². The molecule has 9 heavy (non-hydrogen) atoms. The quantitative estimate of drug-likeness (QED) is 0.505. The van der Waals surface area contributed by atoms with Gasteiger partial charge in [-0.15, -0.1) is 0 Å². The third kappa shape index (κ3) is 0.826. The Hall–Kier alpha value is -0.850. The van der Waals surface area contributed by atoms with E-state index in [0.29, 0.717) is 0 Å². The van der Waals surface area contributed by atoms with E-state index in [1.54, 1.807) is 0 Å². The van der Waals surface area contributed by atoms with E-state index in [9.17, 15) is 0 Å². The molecule has 2 rings (SSSR count). The van der Waals surface area contributed by atoms with Crippen LogP contribution in [0.4, 0.5) is 0 Å². The summed E-state index contributed by atoms with van der Waals surface area (Å²) in [6.07, 6.45) is 7.68. The summed E-state index contributed by atoms with van der Waals surface area (Å²) in [5.74, 6) is 0. The number of hydrogen-bond donors (Lipinski definition) is 0. The van der Waals surface area contributed by atoms with Crippen LogP contribution < -0.4 is 0 Å². The molecule has 0 aliphatic heterocycles. The maximum Gasteiger partial charge on any atom is 0.0300 e. The second-order valence-electron chi connectivity index (χ2n) is 2.55. The minimum Gasteiger partial charge on any atom is -0.264 e. The molecule has 0 amide bonds. The zero-order valence-electron chi connectivity index (χ0n) is 5.30. The van der Waals surface area contributed by atoms with Crippen molar-refractivity contribution in [3.05, 3.63) is 29.6 Å². The van der Waals surface area contributed by atoms with Gasteiger partial charge in [0.15, 0.2) is 0 Å². The summed E-state index contributed by atoms with van der Waals surface area (Å²) in [5, 5.41) is 0. The van der Waals surface area contributed by atoms with Crippen molar-refractivity contribution in [1.29, 1.82) is 0 Å². The first-order valence-electron chi connectivity index (χ1n) is 3.38. The highest BCUT2D eigenvalue weighted by Crippen LogP contribution is 2.14. The first kappa shape index (κ1) is 4.98. The monoisotopic (exact) mass is 119 g/mol. The van der Waals surface area contributed by atoms with Gasteiger partial charge in [0.2, 0.25) is 0 Å². The molecule has 1 nitrogen and oxygen atoms in total. The molecule has 0 fully saturated rings. The van der Waals surface area contributed by atoms with Crippen LogP contribution in [0.1, 0.15) is 17.5 Å². The topological polar surface area (TPSA) is 12.9 Å². The normalized spacial score (nSPS) is 15.6. The van der Waals surface area contributed by atoms with Gasteiger partial charge in [-0.05, 0) is 30.4 Å². The van der Waals surface area contributed by atoms with Crippen LogP contribution in [0.3, 0.4) is 0 Å². The predicted octanol–water partition coefficient (Wildman–Crippen LogP) is 1.57. The van der Waals surface area contributed by atoms with Crippen LogP contribution in [0.2, 0.25) is 0 Å². The zero-order chi connectivity index (χ0) is 6.10. The number of pyridine rings is 1. The fraction of sp³-hybridized carbons (Fsp3) is 0.375. The molecule has 2 bridgehead atoms. The molecule has 0 radical (unpaired) electrons. The Morgan fingerprint density at radius 3 is 2.33 bits per heavy atom. The highest BCUT2D eigenvalue weighted by atomic mass is 14.6. The van der Waals surface area contributed by atoms with Crippen LogP contribution >= 0.6 is 0 Å². The molecule has 1 aromatic heterocycles. The largest absolute Gasteiger partial charge is 0.264 e. The van der Waals surface area contributed by atoms with Crippen molar-refractivity contribution in [2.45, 2.75) is 19.3 Å². The average molecular weight is 119 g/mol. The van der Waals surface area contributed by atoms with Crippen molar-refractivity contribution in [3.8, 4) is 0 Å². The lowest BCUT2D eigenvalue weighted by atomic mass is 9.99. The van der Waals surface area contributed by atoms with Crippen LogP contribution in [0, 0.1) is 0 Å². The van der Waals surface area contributed by atoms with Crippen molar-refractivity contribution in [2.75, 3.05) is 0 Å². The molecule has 1 heterocycles. The summed E-state index contributed by atoms with van der Waals surface area (Å²) in [7, 11) is 0. The molecule has 0 saturated carbocycles. The van der Waals surface area contributed by atoms with E-state index in [0.717, 1.165) is 0 Å². The van der Waals surface area contributed by atoms with Gasteiger partial charge in [-0.2, -0.15) is 0 Å². The van der Waals surface area contributed by atoms with Gasteiger partial charge in [0.25, 0.3) is 0 Å². The van der Waals surface area contributed by atoms with E-state index in [1.807, 2.05) is 12.4 Å². The van der Waals surface area contributed by atoms with Gasteiger partial charge in [0.05, 0.1) is 0 Å². The second kappa shape index (κ2) is 1.83. The van der Waals surface area contributed by atoms with Gasteiger partial charge in [-0.1, -0.05) is 6.07 Å². The van der Waals surface area contributed by atoms with Crippen molar-refractivity contribution in [3.63, 3.8) is 0 Å². The Balaban J connectivity index is 2.53. The van der Waals surface area contributed by atoms with E-state index in [-0.39, 0.29) is 0 Å². The molecular formula is C8H9N. The molecule has 0 aromatic carbocycles. The maximum atomic E-state index is 4.11. The average Bonchev–Trinajstić information content (AvgIpc) is 1.88.